The molecule has 7 heteroatoms. The Hall–Kier alpha value is -2.24. The lowest BCUT2D eigenvalue weighted by molar-refractivity contribution is -0.118. The molecule has 1 aromatic carbocycles. The largest absolute Gasteiger partial charge is 0.480 e. The van der Waals surface area contributed by atoms with E-state index in [-0.39, 0.29) is 12.5 Å². The van der Waals surface area contributed by atoms with Crippen LogP contribution in [0.5, 0.6) is 5.75 Å². The SMILES string of the molecule is Cc1cn2cccc(OCC(=O)Nc3c(Cl)cccc3Cl)c2n1. The second-order valence-electron chi connectivity index (χ2n) is 4.92. The van der Waals surface area contributed by atoms with Crippen molar-refractivity contribution < 1.29 is 9.53 Å². The molecule has 0 saturated carbocycles. The molecule has 23 heavy (non-hydrogen) atoms. The molecular weight excluding hydrogens is 337 g/mol. The third-order valence-corrected chi connectivity index (χ3v) is 3.78. The van der Waals surface area contributed by atoms with Gasteiger partial charge in [0.15, 0.2) is 18.0 Å². The highest BCUT2D eigenvalue weighted by molar-refractivity contribution is 6.39. The number of pyridine rings is 1. The number of fused-ring (bicyclic) bond motifs is 1. The number of imidazole rings is 1. The standard InChI is InChI=1S/C16H13Cl2N3O2/c1-10-8-21-7-3-6-13(16(21)19-10)23-9-14(22)20-15-11(17)4-2-5-12(15)18/h2-8H,9H2,1H3,(H,20,22). The Kier molecular flexibility index (Phi) is 4.41. The van der Waals surface area contributed by atoms with Crippen LogP contribution in [0, 0.1) is 6.92 Å². The van der Waals surface area contributed by atoms with Gasteiger partial charge in [-0.15, -0.1) is 0 Å². The van der Waals surface area contributed by atoms with Crippen molar-refractivity contribution in [1.82, 2.24) is 9.38 Å². The summed E-state index contributed by atoms with van der Waals surface area (Å²) >= 11 is 12.0. The molecule has 0 unspecified atom stereocenters. The Morgan fingerprint density at radius 3 is 2.74 bits per heavy atom. The summed E-state index contributed by atoms with van der Waals surface area (Å²) in [4.78, 5) is 16.4. The van der Waals surface area contributed by atoms with Gasteiger partial charge in [-0.2, -0.15) is 0 Å². The minimum absolute atomic E-state index is 0.173. The van der Waals surface area contributed by atoms with Crippen molar-refractivity contribution in [2.24, 2.45) is 0 Å². The molecule has 0 spiro atoms. The summed E-state index contributed by atoms with van der Waals surface area (Å²) in [6.07, 6.45) is 3.75. The Bertz CT molecular complexity index is 857. The minimum atomic E-state index is -0.356. The zero-order valence-corrected chi connectivity index (χ0v) is 13.7. The van der Waals surface area contributed by atoms with E-state index in [1.165, 1.54) is 0 Å². The Labute approximate surface area is 142 Å². The molecule has 0 radical (unpaired) electrons. The van der Waals surface area contributed by atoms with Crippen LogP contribution in [0.3, 0.4) is 0 Å². The van der Waals surface area contributed by atoms with Crippen LogP contribution < -0.4 is 10.1 Å². The number of benzene rings is 1. The maximum atomic E-state index is 12.1. The van der Waals surface area contributed by atoms with Gasteiger partial charge in [-0.25, -0.2) is 4.98 Å². The molecule has 1 amide bonds. The predicted octanol–water partition coefficient (Wildman–Crippen LogP) is 3.97. The summed E-state index contributed by atoms with van der Waals surface area (Å²) in [7, 11) is 0. The first-order valence-corrected chi connectivity index (χ1v) is 7.61. The van der Waals surface area contributed by atoms with Crippen LogP contribution >= 0.6 is 23.2 Å². The fourth-order valence-electron chi connectivity index (χ4n) is 2.16. The second kappa shape index (κ2) is 6.48. The number of nitrogens with one attached hydrogen (secondary N) is 1. The lowest BCUT2D eigenvalue weighted by Gasteiger charge is -2.10. The van der Waals surface area contributed by atoms with Gasteiger partial charge in [-0.3, -0.25) is 4.79 Å². The van der Waals surface area contributed by atoms with E-state index in [0.717, 1.165) is 5.69 Å². The van der Waals surface area contributed by atoms with Gasteiger partial charge in [0.2, 0.25) is 0 Å². The van der Waals surface area contributed by atoms with Gasteiger partial charge in [0, 0.05) is 12.4 Å². The number of aromatic nitrogens is 2. The fourth-order valence-corrected chi connectivity index (χ4v) is 2.65. The topological polar surface area (TPSA) is 55.6 Å². The van der Waals surface area contributed by atoms with E-state index < -0.39 is 0 Å². The first kappa shape index (κ1) is 15.6. The number of aryl methyl sites for hydroxylation is 1. The average Bonchev–Trinajstić information content (AvgIpc) is 2.89. The van der Waals surface area contributed by atoms with E-state index >= 15 is 0 Å². The molecule has 0 fully saturated rings. The van der Waals surface area contributed by atoms with Gasteiger partial charge in [-0.1, -0.05) is 29.3 Å². The molecule has 2 heterocycles. The normalized spacial score (nSPS) is 10.7. The number of ether oxygens (including phenoxy) is 1. The highest BCUT2D eigenvalue weighted by Crippen LogP contribution is 2.29. The summed E-state index contributed by atoms with van der Waals surface area (Å²) in [5.74, 6) is 0.172. The van der Waals surface area contributed by atoms with Crippen LogP contribution in [0.25, 0.3) is 5.65 Å². The molecule has 0 atom stereocenters. The number of carbonyl (C=O) groups excluding carboxylic acids is 1. The van der Waals surface area contributed by atoms with E-state index in [4.69, 9.17) is 27.9 Å². The zero-order chi connectivity index (χ0) is 16.4. The van der Waals surface area contributed by atoms with E-state index in [1.807, 2.05) is 29.8 Å². The number of hydrogen-bond acceptors (Lipinski definition) is 3. The predicted molar refractivity (Wildman–Crippen MR) is 90.5 cm³/mol. The van der Waals surface area contributed by atoms with Crippen molar-refractivity contribution in [2.45, 2.75) is 6.92 Å². The summed E-state index contributed by atoms with van der Waals surface area (Å²) in [5, 5.41) is 3.39. The van der Waals surface area contributed by atoms with Gasteiger partial charge in [0.05, 0.1) is 21.4 Å². The summed E-state index contributed by atoms with van der Waals surface area (Å²) in [6, 6.07) is 8.60. The molecule has 118 valence electrons. The summed E-state index contributed by atoms with van der Waals surface area (Å²) in [5.41, 5.74) is 1.90. The number of nitrogens with zero attached hydrogens (tertiary/aromatic N) is 2. The smallest absolute Gasteiger partial charge is 0.262 e. The quantitative estimate of drug-likeness (QED) is 0.775. The zero-order valence-electron chi connectivity index (χ0n) is 12.2. The van der Waals surface area contributed by atoms with Crippen molar-refractivity contribution in [3.63, 3.8) is 0 Å². The molecule has 5 nitrogen and oxygen atoms in total. The lowest BCUT2D eigenvalue weighted by atomic mass is 10.3. The molecule has 3 aromatic rings. The van der Waals surface area contributed by atoms with Crippen LogP contribution in [-0.4, -0.2) is 21.9 Å². The Balaban J connectivity index is 1.71. The number of para-hydroxylation sites is 1. The van der Waals surface area contributed by atoms with Crippen LogP contribution in [0.2, 0.25) is 10.0 Å². The number of hydrogen-bond donors (Lipinski definition) is 1. The first-order chi connectivity index (χ1) is 11.0. The monoisotopic (exact) mass is 349 g/mol. The van der Waals surface area contributed by atoms with E-state index in [1.54, 1.807) is 24.3 Å². The molecule has 0 saturated heterocycles. The van der Waals surface area contributed by atoms with Gasteiger partial charge in [0.25, 0.3) is 5.91 Å². The maximum absolute atomic E-state index is 12.1. The third kappa shape index (κ3) is 3.41. The Morgan fingerprint density at radius 1 is 1.26 bits per heavy atom. The third-order valence-electron chi connectivity index (χ3n) is 3.15. The first-order valence-electron chi connectivity index (χ1n) is 6.85. The molecule has 0 bridgehead atoms. The van der Waals surface area contributed by atoms with Crippen molar-refractivity contribution in [3.8, 4) is 5.75 Å². The molecule has 0 aliphatic heterocycles. The van der Waals surface area contributed by atoms with Crippen LogP contribution in [0.1, 0.15) is 5.69 Å². The van der Waals surface area contributed by atoms with Gasteiger partial charge < -0.3 is 14.5 Å². The van der Waals surface area contributed by atoms with Crippen LogP contribution in [-0.2, 0) is 4.79 Å². The van der Waals surface area contributed by atoms with Gasteiger partial charge in [0.1, 0.15) is 0 Å². The Morgan fingerprint density at radius 2 is 2.00 bits per heavy atom. The number of anilines is 1. The van der Waals surface area contributed by atoms with E-state index in [0.29, 0.717) is 27.1 Å². The molecule has 0 aliphatic rings. The van der Waals surface area contributed by atoms with Crippen molar-refractivity contribution in [1.29, 1.82) is 0 Å². The lowest BCUT2D eigenvalue weighted by Crippen LogP contribution is -2.20. The average molecular weight is 350 g/mol. The number of halogens is 2. The molecule has 0 aliphatic carbocycles. The second-order valence-corrected chi connectivity index (χ2v) is 5.73. The molecule has 3 rings (SSSR count). The van der Waals surface area contributed by atoms with E-state index in [2.05, 4.69) is 10.3 Å². The van der Waals surface area contributed by atoms with Gasteiger partial charge >= 0.3 is 0 Å². The summed E-state index contributed by atoms with van der Waals surface area (Å²) < 4.78 is 7.41. The maximum Gasteiger partial charge on any atom is 0.262 e. The fraction of sp³-hybridized carbons (Fsp3) is 0.125. The highest BCUT2D eigenvalue weighted by Gasteiger charge is 2.12. The number of carbonyl (C=O) groups is 1. The highest BCUT2D eigenvalue weighted by atomic mass is 35.5. The van der Waals surface area contributed by atoms with Crippen molar-refractivity contribution in [3.05, 3.63) is 58.5 Å². The molecule has 1 N–H and O–H groups in total. The minimum Gasteiger partial charge on any atom is -0.480 e. The van der Waals surface area contributed by atoms with Crippen LogP contribution in [0.15, 0.2) is 42.7 Å². The van der Waals surface area contributed by atoms with Crippen LogP contribution in [0.4, 0.5) is 5.69 Å². The summed E-state index contributed by atoms with van der Waals surface area (Å²) in [6.45, 7) is 1.72. The van der Waals surface area contributed by atoms with Crippen molar-refractivity contribution in [2.75, 3.05) is 11.9 Å². The molecule has 2 aromatic heterocycles. The molecular formula is C16H13Cl2N3O2. The number of rotatable bonds is 4. The van der Waals surface area contributed by atoms with Crippen molar-refractivity contribution >= 4 is 40.4 Å². The van der Waals surface area contributed by atoms with E-state index in [9.17, 15) is 4.79 Å². The number of amides is 1. The van der Waals surface area contributed by atoms with Gasteiger partial charge in [-0.05, 0) is 31.2 Å².